The van der Waals surface area contributed by atoms with Gasteiger partial charge in [0.05, 0.1) is 0 Å². The number of nitrogens with two attached hydrogens (primary N) is 1. The van der Waals surface area contributed by atoms with Gasteiger partial charge in [0, 0.05) is 19.1 Å². The highest BCUT2D eigenvalue weighted by atomic mass is 19.4. The minimum absolute atomic E-state index is 0.114. The minimum atomic E-state index is -5.66. The Kier molecular flexibility index (Phi) is 4.94. The van der Waals surface area contributed by atoms with Crippen LogP contribution in [0.25, 0.3) is 0 Å². The van der Waals surface area contributed by atoms with Crippen LogP contribution in [0.1, 0.15) is 19.8 Å². The summed E-state index contributed by atoms with van der Waals surface area (Å²) in [6.45, 7) is 1.53. The fourth-order valence-corrected chi connectivity index (χ4v) is 2.40. The molecule has 2 unspecified atom stereocenters. The maximum absolute atomic E-state index is 12.5. The number of rotatable bonds is 2. The third-order valence-corrected chi connectivity index (χ3v) is 3.43. The first-order chi connectivity index (χ1) is 8.98. The van der Waals surface area contributed by atoms with Crippen LogP contribution in [0.3, 0.4) is 0 Å². The number of nitrogens with zero attached hydrogens (tertiary/aromatic N) is 1. The van der Waals surface area contributed by atoms with Crippen LogP contribution in [-0.4, -0.2) is 42.3 Å². The van der Waals surface area contributed by atoms with Gasteiger partial charge in [-0.3, -0.25) is 4.79 Å². The third-order valence-electron chi connectivity index (χ3n) is 3.43. The van der Waals surface area contributed by atoms with Crippen molar-refractivity contribution in [2.45, 2.75) is 38.2 Å². The van der Waals surface area contributed by atoms with Crippen molar-refractivity contribution in [3.63, 3.8) is 0 Å². The Bertz CT molecular complexity index is 340. The molecule has 1 aliphatic rings. The van der Waals surface area contributed by atoms with Crippen molar-refractivity contribution in [2.75, 3.05) is 13.1 Å². The molecular formula is C11H16F6N2O. The van der Waals surface area contributed by atoms with Crippen LogP contribution in [0.5, 0.6) is 0 Å². The smallest absolute Gasteiger partial charge is 0.338 e. The molecule has 0 saturated carbocycles. The van der Waals surface area contributed by atoms with Crippen LogP contribution in [0.15, 0.2) is 0 Å². The first kappa shape index (κ1) is 17.1. The molecule has 20 heavy (non-hydrogen) atoms. The maximum atomic E-state index is 12.5. The summed E-state index contributed by atoms with van der Waals surface area (Å²) in [5.74, 6) is -5.81. The zero-order valence-corrected chi connectivity index (χ0v) is 10.8. The normalized spacial score (nSPS) is 25.1. The average molecular weight is 306 g/mol. The number of halogens is 6. The highest BCUT2D eigenvalue weighted by Gasteiger charge is 2.62. The van der Waals surface area contributed by atoms with Crippen molar-refractivity contribution in [3.8, 4) is 0 Å². The molecule has 9 heteroatoms. The minimum Gasteiger partial charge on any atom is -0.338 e. The number of carbonyl (C=O) groups is 1. The molecule has 1 aliphatic heterocycles. The number of alkyl halides is 6. The predicted octanol–water partition coefficient (Wildman–Crippen LogP) is 2.31. The largest absolute Gasteiger partial charge is 0.409 e. The Balaban J connectivity index is 3.00. The number of amides is 1. The van der Waals surface area contributed by atoms with Gasteiger partial charge in [0.2, 0.25) is 11.8 Å². The van der Waals surface area contributed by atoms with Gasteiger partial charge >= 0.3 is 12.4 Å². The summed E-state index contributed by atoms with van der Waals surface area (Å²) in [4.78, 5) is 12.3. The van der Waals surface area contributed by atoms with E-state index in [1.165, 1.54) is 0 Å². The lowest BCUT2D eigenvalue weighted by atomic mass is 9.91. The second kappa shape index (κ2) is 5.79. The van der Waals surface area contributed by atoms with Gasteiger partial charge in [-0.15, -0.1) is 0 Å². The van der Waals surface area contributed by atoms with Gasteiger partial charge < -0.3 is 10.6 Å². The molecule has 3 nitrogen and oxygen atoms in total. The summed E-state index contributed by atoms with van der Waals surface area (Å²) >= 11 is 0. The van der Waals surface area contributed by atoms with Crippen LogP contribution in [0.4, 0.5) is 26.3 Å². The SMILES string of the molecule is CC1CCN(C(=O)C(C(F)(F)F)C(F)(F)F)C(CN)C1. The zero-order chi connectivity index (χ0) is 15.7. The monoisotopic (exact) mass is 306 g/mol. The van der Waals surface area contributed by atoms with Crippen molar-refractivity contribution in [2.24, 2.45) is 17.6 Å². The summed E-state index contributed by atoms with van der Waals surface area (Å²) in [5.41, 5.74) is 5.36. The van der Waals surface area contributed by atoms with Gasteiger partial charge in [0.15, 0.2) is 0 Å². The van der Waals surface area contributed by atoms with Gasteiger partial charge in [-0.1, -0.05) is 6.92 Å². The highest BCUT2D eigenvalue weighted by molar-refractivity contribution is 5.81. The Morgan fingerprint density at radius 2 is 1.75 bits per heavy atom. The number of hydrogen-bond donors (Lipinski definition) is 1. The van der Waals surface area contributed by atoms with Crippen LogP contribution in [-0.2, 0) is 4.79 Å². The van der Waals surface area contributed by atoms with Gasteiger partial charge in [-0.25, -0.2) is 0 Å². The molecule has 0 spiro atoms. The van der Waals surface area contributed by atoms with Crippen LogP contribution < -0.4 is 5.73 Å². The van der Waals surface area contributed by atoms with E-state index in [2.05, 4.69) is 0 Å². The lowest BCUT2D eigenvalue weighted by molar-refractivity contribution is -0.278. The first-order valence-corrected chi connectivity index (χ1v) is 6.12. The topological polar surface area (TPSA) is 46.3 Å². The number of likely N-dealkylation sites (tertiary alicyclic amines) is 1. The second-order valence-electron chi connectivity index (χ2n) is 5.07. The Hall–Kier alpha value is -0.990. The lowest BCUT2D eigenvalue weighted by Crippen LogP contribution is -2.56. The van der Waals surface area contributed by atoms with E-state index in [9.17, 15) is 31.1 Å². The molecule has 0 bridgehead atoms. The van der Waals surface area contributed by atoms with E-state index >= 15 is 0 Å². The molecule has 0 aromatic heterocycles. The van der Waals surface area contributed by atoms with Gasteiger partial charge in [0.1, 0.15) is 0 Å². The highest BCUT2D eigenvalue weighted by Crippen LogP contribution is 2.41. The molecule has 2 N–H and O–H groups in total. The van der Waals surface area contributed by atoms with Crippen molar-refractivity contribution in [3.05, 3.63) is 0 Å². The fraction of sp³-hybridized carbons (Fsp3) is 0.909. The van der Waals surface area contributed by atoms with Crippen LogP contribution in [0, 0.1) is 11.8 Å². The van der Waals surface area contributed by atoms with Crippen LogP contribution in [0.2, 0.25) is 0 Å². The van der Waals surface area contributed by atoms with E-state index in [4.69, 9.17) is 5.73 Å². The fourth-order valence-electron chi connectivity index (χ4n) is 2.40. The molecule has 0 radical (unpaired) electrons. The summed E-state index contributed by atoms with van der Waals surface area (Å²) in [7, 11) is 0. The molecule has 118 valence electrons. The Labute approximate surface area is 112 Å². The second-order valence-corrected chi connectivity index (χ2v) is 5.07. The van der Waals surface area contributed by atoms with E-state index in [0.717, 1.165) is 0 Å². The van der Waals surface area contributed by atoms with Crippen molar-refractivity contribution < 1.29 is 31.1 Å². The van der Waals surface area contributed by atoms with E-state index in [1.54, 1.807) is 0 Å². The molecular weight excluding hydrogens is 290 g/mol. The average Bonchev–Trinajstić information content (AvgIpc) is 2.24. The lowest BCUT2D eigenvalue weighted by Gasteiger charge is -2.40. The van der Waals surface area contributed by atoms with E-state index in [-0.39, 0.29) is 19.0 Å². The molecule has 1 heterocycles. The quantitative estimate of drug-likeness (QED) is 0.796. The number of piperidine rings is 1. The third kappa shape index (κ3) is 3.77. The summed E-state index contributed by atoms with van der Waals surface area (Å²) in [6, 6.07) is -0.779. The molecule has 1 fully saturated rings. The molecule has 1 rings (SSSR count). The van der Waals surface area contributed by atoms with Gasteiger partial charge in [-0.05, 0) is 18.8 Å². The standard InChI is InChI=1S/C11H16F6N2O/c1-6-2-3-19(7(4-6)5-18)9(20)8(10(12,13)14)11(15,16)17/h6-8H,2-5,18H2,1H3. The predicted molar refractivity (Wildman–Crippen MR) is 58.6 cm³/mol. The van der Waals surface area contributed by atoms with E-state index < -0.39 is 30.2 Å². The van der Waals surface area contributed by atoms with Gasteiger partial charge in [-0.2, -0.15) is 26.3 Å². The number of carbonyl (C=O) groups excluding carboxylic acids is 1. The molecule has 1 amide bonds. The van der Waals surface area contributed by atoms with Crippen molar-refractivity contribution in [1.82, 2.24) is 4.90 Å². The van der Waals surface area contributed by atoms with E-state index in [0.29, 0.717) is 17.7 Å². The molecule has 0 aliphatic carbocycles. The summed E-state index contributed by atoms with van der Waals surface area (Å²) in [5, 5.41) is 0. The Morgan fingerprint density at radius 3 is 2.15 bits per heavy atom. The number of hydrogen-bond acceptors (Lipinski definition) is 2. The van der Waals surface area contributed by atoms with Crippen LogP contribution >= 0.6 is 0 Å². The zero-order valence-electron chi connectivity index (χ0n) is 10.8. The van der Waals surface area contributed by atoms with Crippen molar-refractivity contribution in [1.29, 1.82) is 0 Å². The first-order valence-electron chi connectivity index (χ1n) is 6.12. The van der Waals surface area contributed by atoms with Crippen molar-refractivity contribution >= 4 is 5.91 Å². The molecule has 2 atom stereocenters. The van der Waals surface area contributed by atoms with Gasteiger partial charge in [0.25, 0.3) is 0 Å². The molecule has 1 saturated heterocycles. The maximum Gasteiger partial charge on any atom is 0.409 e. The molecule has 0 aromatic rings. The summed E-state index contributed by atoms with van der Waals surface area (Å²) in [6.07, 6.45) is -10.6. The van der Waals surface area contributed by atoms with E-state index in [1.807, 2.05) is 6.92 Å². The Morgan fingerprint density at radius 1 is 1.25 bits per heavy atom. The summed E-state index contributed by atoms with van der Waals surface area (Å²) < 4.78 is 75.2. The molecule has 0 aromatic carbocycles.